The highest BCUT2D eigenvalue weighted by molar-refractivity contribution is 5.61. The Morgan fingerprint density at radius 2 is 1.61 bits per heavy atom. The molecule has 11 heteroatoms. The van der Waals surface area contributed by atoms with Crippen molar-refractivity contribution in [3.05, 3.63) is 72.1 Å². The molecule has 4 rings (SSSR count). The molecule has 0 aliphatic heterocycles. The van der Waals surface area contributed by atoms with Gasteiger partial charge >= 0.3 is 12.8 Å². The number of benzene rings is 2. The van der Waals surface area contributed by atoms with Gasteiger partial charge < -0.3 is 9.47 Å². The molecular formula is C20H13F5N4O2. The quantitative estimate of drug-likeness (QED) is 0.399. The summed E-state index contributed by atoms with van der Waals surface area (Å²) in [6, 6.07) is 10.4. The van der Waals surface area contributed by atoms with Gasteiger partial charge in [0.25, 0.3) is 0 Å². The molecule has 0 fully saturated rings. The van der Waals surface area contributed by atoms with E-state index in [0.717, 1.165) is 12.1 Å². The molecule has 0 radical (unpaired) electrons. The van der Waals surface area contributed by atoms with Gasteiger partial charge in [-0.1, -0.05) is 12.1 Å². The van der Waals surface area contributed by atoms with E-state index in [1.165, 1.54) is 48.8 Å². The Labute approximate surface area is 171 Å². The summed E-state index contributed by atoms with van der Waals surface area (Å²) in [5, 5.41) is 8.10. The largest absolute Gasteiger partial charge is 0.473 e. The van der Waals surface area contributed by atoms with Crippen LogP contribution in [0.25, 0.3) is 17.0 Å². The van der Waals surface area contributed by atoms with Gasteiger partial charge in [0.15, 0.2) is 11.5 Å². The third kappa shape index (κ3) is 4.55. The van der Waals surface area contributed by atoms with Gasteiger partial charge in [-0.2, -0.15) is 22.0 Å². The summed E-state index contributed by atoms with van der Waals surface area (Å²) in [5.41, 5.74) is 0.695. The maximum atomic E-state index is 12.7. The first kappa shape index (κ1) is 20.5. The summed E-state index contributed by atoms with van der Waals surface area (Å²) in [6.45, 7) is -2.95. The zero-order valence-electron chi connectivity index (χ0n) is 15.6. The molecule has 0 atom stereocenters. The number of rotatable bonds is 6. The fourth-order valence-electron chi connectivity index (χ4n) is 2.84. The number of ether oxygens (including phenoxy) is 2. The predicted molar refractivity (Wildman–Crippen MR) is 98.6 cm³/mol. The SMILES string of the molecule is FC(F)Oc1ccc(-c2nnc3cncc(OCc4ccc(C(F)(F)F)cc4)n23)cc1. The van der Waals surface area contributed by atoms with Crippen molar-refractivity contribution in [2.45, 2.75) is 19.4 Å². The van der Waals surface area contributed by atoms with E-state index in [-0.39, 0.29) is 18.2 Å². The third-order valence-corrected chi connectivity index (χ3v) is 4.29. The molecule has 0 bridgehead atoms. The molecule has 31 heavy (non-hydrogen) atoms. The van der Waals surface area contributed by atoms with Crippen molar-refractivity contribution in [3.63, 3.8) is 0 Å². The Morgan fingerprint density at radius 3 is 2.26 bits per heavy atom. The number of alkyl halides is 5. The Balaban J connectivity index is 1.58. The molecule has 0 spiro atoms. The second kappa shape index (κ2) is 8.17. The monoisotopic (exact) mass is 436 g/mol. The van der Waals surface area contributed by atoms with Crippen LogP contribution in [-0.2, 0) is 12.8 Å². The van der Waals surface area contributed by atoms with E-state index in [9.17, 15) is 22.0 Å². The molecule has 2 heterocycles. The highest BCUT2D eigenvalue weighted by atomic mass is 19.4. The van der Waals surface area contributed by atoms with E-state index in [2.05, 4.69) is 19.9 Å². The molecule has 0 aliphatic carbocycles. The molecule has 0 aliphatic rings. The summed E-state index contributed by atoms with van der Waals surface area (Å²) in [4.78, 5) is 4.02. The van der Waals surface area contributed by atoms with E-state index in [1.807, 2.05) is 0 Å². The lowest BCUT2D eigenvalue weighted by Crippen LogP contribution is -2.06. The zero-order valence-corrected chi connectivity index (χ0v) is 15.6. The summed E-state index contributed by atoms with van der Waals surface area (Å²) in [6.07, 6.45) is -1.55. The predicted octanol–water partition coefficient (Wildman–Crippen LogP) is 4.99. The van der Waals surface area contributed by atoms with Crippen molar-refractivity contribution in [2.24, 2.45) is 0 Å². The van der Waals surface area contributed by atoms with Gasteiger partial charge in [0.2, 0.25) is 5.88 Å². The van der Waals surface area contributed by atoms with Crippen LogP contribution < -0.4 is 9.47 Å². The smallest absolute Gasteiger partial charge is 0.416 e. The fraction of sp³-hybridized carbons (Fsp3) is 0.150. The highest BCUT2D eigenvalue weighted by Gasteiger charge is 2.29. The number of hydrogen-bond acceptors (Lipinski definition) is 5. The van der Waals surface area contributed by atoms with Crippen LogP contribution in [0.5, 0.6) is 11.6 Å². The molecule has 4 aromatic rings. The Morgan fingerprint density at radius 1 is 0.903 bits per heavy atom. The van der Waals surface area contributed by atoms with Gasteiger partial charge in [-0.05, 0) is 42.0 Å². The van der Waals surface area contributed by atoms with Crippen molar-refractivity contribution < 1.29 is 31.4 Å². The average molecular weight is 436 g/mol. The number of hydrogen-bond donors (Lipinski definition) is 0. The Bertz CT molecular complexity index is 1180. The van der Waals surface area contributed by atoms with Gasteiger partial charge in [-0.25, -0.2) is 4.40 Å². The van der Waals surface area contributed by atoms with Gasteiger partial charge in [0.1, 0.15) is 12.4 Å². The molecular weight excluding hydrogens is 423 g/mol. The fourth-order valence-corrected chi connectivity index (χ4v) is 2.84. The third-order valence-electron chi connectivity index (χ3n) is 4.29. The topological polar surface area (TPSA) is 61.5 Å². The zero-order chi connectivity index (χ0) is 22.0. The highest BCUT2D eigenvalue weighted by Crippen LogP contribution is 2.29. The number of aromatic nitrogens is 4. The van der Waals surface area contributed by atoms with Crippen molar-refractivity contribution in [2.75, 3.05) is 0 Å². The van der Waals surface area contributed by atoms with E-state index < -0.39 is 18.4 Å². The summed E-state index contributed by atoms with van der Waals surface area (Å²) >= 11 is 0. The Hall–Kier alpha value is -3.76. The van der Waals surface area contributed by atoms with Crippen molar-refractivity contribution in [1.29, 1.82) is 0 Å². The molecule has 160 valence electrons. The normalized spacial score (nSPS) is 11.8. The average Bonchev–Trinajstić information content (AvgIpc) is 3.17. The molecule has 0 saturated carbocycles. The first-order valence-electron chi connectivity index (χ1n) is 8.84. The van der Waals surface area contributed by atoms with Crippen molar-refractivity contribution >= 4 is 5.65 Å². The summed E-state index contributed by atoms with van der Waals surface area (Å²) < 4.78 is 74.4. The molecule has 0 N–H and O–H groups in total. The van der Waals surface area contributed by atoms with Crippen LogP contribution in [0.4, 0.5) is 22.0 Å². The molecule has 6 nitrogen and oxygen atoms in total. The summed E-state index contributed by atoms with van der Waals surface area (Å²) in [5.74, 6) is 0.613. The van der Waals surface area contributed by atoms with Gasteiger partial charge in [0, 0.05) is 5.56 Å². The molecule has 2 aromatic carbocycles. The number of halogens is 5. The number of fused-ring (bicyclic) bond motifs is 1. The van der Waals surface area contributed by atoms with Gasteiger partial charge in [-0.15, -0.1) is 10.2 Å². The minimum absolute atomic E-state index is 0.00647. The van der Waals surface area contributed by atoms with Crippen molar-refractivity contribution in [1.82, 2.24) is 19.6 Å². The van der Waals surface area contributed by atoms with Gasteiger partial charge in [-0.3, -0.25) is 4.98 Å². The maximum Gasteiger partial charge on any atom is 0.416 e. The standard InChI is InChI=1S/C20H13F5N4O2/c21-19(22)31-15-7-3-13(4-8-15)18-28-27-16-9-26-10-17(29(16)18)30-11-12-1-5-14(6-2-12)20(23,24)25/h1-10,19H,11H2. The molecule has 0 unspecified atom stereocenters. The first-order valence-corrected chi connectivity index (χ1v) is 8.84. The van der Waals surface area contributed by atoms with Crippen LogP contribution >= 0.6 is 0 Å². The lowest BCUT2D eigenvalue weighted by atomic mass is 10.1. The molecule has 0 saturated heterocycles. The lowest BCUT2D eigenvalue weighted by Gasteiger charge is -2.11. The second-order valence-corrected chi connectivity index (χ2v) is 6.35. The van der Waals surface area contributed by atoms with E-state index in [1.54, 1.807) is 4.40 Å². The minimum atomic E-state index is -4.41. The first-order chi connectivity index (χ1) is 14.8. The lowest BCUT2D eigenvalue weighted by molar-refractivity contribution is -0.137. The van der Waals surface area contributed by atoms with Crippen LogP contribution in [-0.4, -0.2) is 26.2 Å². The van der Waals surface area contributed by atoms with Crippen LogP contribution in [0, 0.1) is 0 Å². The van der Waals surface area contributed by atoms with Gasteiger partial charge in [0.05, 0.1) is 18.0 Å². The minimum Gasteiger partial charge on any atom is -0.473 e. The van der Waals surface area contributed by atoms with Crippen LogP contribution in [0.15, 0.2) is 60.9 Å². The maximum absolute atomic E-state index is 12.7. The van der Waals surface area contributed by atoms with Crippen LogP contribution in [0.1, 0.15) is 11.1 Å². The second-order valence-electron chi connectivity index (χ2n) is 6.35. The molecule has 0 amide bonds. The Kier molecular flexibility index (Phi) is 5.40. The van der Waals surface area contributed by atoms with E-state index >= 15 is 0 Å². The van der Waals surface area contributed by atoms with E-state index in [0.29, 0.717) is 22.6 Å². The van der Waals surface area contributed by atoms with E-state index in [4.69, 9.17) is 4.74 Å². The molecule has 2 aromatic heterocycles. The van der Waals surface area contributed by atoms with Crippen LogP contribution in [0.2, 0.25) is 0 Å². The number of nitrogens with zero attached hydrogens (tertiary/aromatic N) is 4. The van der Waals surface area contributed by atoms with Crippen LogP contribution in [0.3, 0.4) is 0 Å². The van der Waals surface area contributed by atoms with Crippen molar-refractivity contribution in [3.8, 4) is 23.0 Å². The summed E-state index contributed by atoms with van der Waals surface area (Å²) in [7, 11) is 0.